The standard InChI is InChI=1S/C6H7N2O/c1-2-9-6-5-7-3-4-8-6/h3,5H,2H2,1H3. The first-order valence-electron chi connectivity index (χ1n) is 2.74. The van der Waals surface area contributed by atoms with E-state index in [9.17, 15) is 0 Å². The maximum atomic E-state index is 5.00. The van der Waals surface area contributed by atoms with E-state index in [1.54, 1.807) is 6.20 Å². The van der Waals surface area contributed by atoms with Crippen molar-refractivity contribution in [1.82, 2.24) is 9.97 Å². The molecule has 0 N–H and O–H groups in total. The zero-order valence-electron chi connectivity index (χ0n) is 5.16. The highest BCUT2D eigenvalue weighted by atomic mass is 16.5. The molecule has 0 aliphatic rings. The van der Waals surface area contributed by atoms with Gasteiger partial charge in [-0.2, -0.15) is 0 Å². The van der Waals surface area contributed by atoms with Crippen molar-refractivity contribution in [3.05, 3.63) is 18.6 Å². The zero-order chi connectivity index (χ0) is 6.53. The molecule has 0 saturated carbocycles. The van der Waals surface area contributed by atoms with Gasteiger partial charge in [-0.25, -0.2) is 4.98 Å². The van der Waals surface area contributed by atoms with Crippen LogP contribution in [-0.2, 0) is 0 Å². The van der Waals surface area contributed by atoms with Crippen LogP contribution in [0.5, 0.6) is 5.88 Å². The van der Waals surface area contributed by atoms with Crippen molar-refractivity contribution in [2.75, 3.05) is 6.61 Å². The molecule has 0 saturated heterocycles. The van der Waals surface area contributed by atoms with Crippen LogP contribution in [0.15, 0.2) is 12.4 Å². The predicted molar refractivity (Wildman–Crippen MR) is 32.0 cm³/mol. The van der Waals surface area contributed by atoms with Crippen molar-refractivity contribution in [2.24, 2.45) is 0 Å². The predicted octanol–water partition coefficient (Wildman–Crippen LogP) is 0.675. The third-order valence-electron chi connectivity index (χ3n) is 0.784. The highest BCUT2D eigenvalue weighted by Gasteiger charge is 1.87. The average molecular weight is 123 g/mol. The Morgan fingerprint density at radius 2 is 2.67 bits per heavy atom. The summed E-state index contributed by atoms with van der Waals surface area (Å²) in [5.41, 5.74) is 0. The first-order chi connectivity index (χ1) is 4.43. The fraction of sp³-hybridized carbons (Fsp3) is 0.333. The van der Waals surface area contributed by atoms with Crippen molar-refractivity contribution in [2.45, 2.75) is 6.92 Å². The highest BCUT2D eigenvalue weighted by Crippen LogP contribution is 1.98. The van der Waals surface area contributed by atoms with E-state index in [4.69, 9.17) is 4.74 Å². The molecule has 0 amide bonds. The lowest BCUT2D eigenvalue weighted by molar-refractivity contribution is 0.325. The number of hydrogen-bond acceptors (Lipinski definition) is 3. The van der Waals surface area contributed by atoms with Gasteiger partial charge in [0.25, 0.3) is 0 Å². The molecule has 0 unspecified atom stereocenters. The molecule has 1 aromatic heterocycles. The molecule has 1 aromatic rings. The van der Waals surface area contributed by atoms with Crippen LogP contribution in [0, 0.1) is 6.20 Å². The summed E-state index contributed by atoms with van der Waals surface area (Å²) in [4.78, 5) is 7.52. The minimum Gasteiger partial charge on any atom is -0.477 e. The minimum absolute atomic E-state index is 0.528. The lowest BCUT2D eigenvalue weighted by Crippen LogP contribution is -1.93. The van der Waals surface area contributed by atoms with E-state index in [-0.39, 0.29) is 0 Å². The molecular weight excluding hydrogens is 116 g/mol. The lowest BCUT2D eigenvalue weighted by Gasteiger charge is -1.96. The minimum atomic E-state index is 0.528. The molecule has 1 radical (unpaired) electrons. The molecule has 1 heterocycles. The van der Waals surface area contributed by atoms with Gasteiger partial charge in [-0.1, -0.05) is 0 Å². The fourth-order valence-corrected chi connectivity index (χ4v) is 0.473. The van der Waals surface area contributed by atoms with E-state index in [2.05, 4.69) is 16.2 Å². The maximum absolute atomic E-state index is 5.00. The topological polar surface area (TPSA) is 35.0 Å². The first kappa shape index (κ1) is 6.01. The summed E-state index contributed by atoms with van der Waals surface area (Å²) in [6.45, 7) is 2.52. The van der Waals surface area contributed by atoms with Crippen LogP contribution in [0.2, 0.25) is 0 Å². The van der Waals surface area contributed by atoms with Gasteiger partial charge in [0.1, 0.15) is 6.20 Å². The summed E-state index contributed by atoms with van der Waals surface area (Å²) in [6, 6.07) is 0. The van der Waals surface area contributed by atoms with Gasteiger partial charge in [0.05, 0.1) is 19.0 Å². The van der Waals surface area contributed by atoms with Crippen LogP contribution < -0.4 is 4.74 Å². The number of hydrogen-bond donors (Lipinski definition) is 0. The molecular formula is C6H7N2O. The summed E-state index contributed by atoms with van der Waals surface area (Å²) >= 11 is 0. The van der Waals surface area contributed by atoms with Gasteiger partial charge < -0.3 is 4.74 Å². The Kier molecular flexibility index (Phi) is 2.01. The van der Waals surface area contributed by atoms with Crippen LogP contribution in [0.25, 0.3) is 0 Å². The first-order valence-corrected chi connectivity index (χ1v) is 2.74. The Labute approximate surface area is 53.7 Å². The molecule has 0 atom stereocenters. The Morgan fingerprint density at radius 3 is 3.22 bits per heavy atom. The molecule has 0 fully saturated rings. The van der Waals surface area contributed by atoms with E-state index >= 15 is 0 Å². The summed E-state index contributed by atoms with van der Waals surface area (Å²) in [5.74, 6) is 0.528. The van der Waals surface area contributed by atoms with Crippen molar-refractivity contribution in [3.63, 3.8) is 0 Å². The molecule has 0 aromatic carbocycles. The third-order valence-corrected chi connectivity index (χ3v) is 0.784. The normalized spacial score (nSPS) is 9.00. The Hall–Kier alpha value is -1.12. The Bertz CT molecular complexity index is 164. The Morgan fingerprint density at radius 1 is 1.78 bits per heavy atom. The van der Waals surface area contributed by atoms with Gasteiger partial charge in [-0.3, -0.25) is 4.98 Å². The van der Waals surface area contributed by atoms with E-state index < -0.39 is 0 Å². The summed E-state index contributed by atoms with van der Waals surface area (Å²) in [5, 5.41) is 0. The summed E-state index contributed by atoms with van der Waals surface area (Å²) in [7, 11) is 0. The quantitative estimate of drug-likeness (QED) is 0.580. The van der Waals surface area contributed by atoms with E-state index in [1.165, 1.54) is 6.20 Å². The van der Waals surface area contributed by atoms with Gasteiger partial charge in [0.2, 0.25) is 5.88 Å². The molecule has 3 nitrogen and oxygen atoms in total. The molecule has 0 bridgehead atoms. The molecule has 0 aliphatic heterocycles. The number of nitrogens with zero attached hydrogens (tertiary/aromatic N) is 2. The van der Waals surface area contributed by atoms with E-state index in [0.717, 1.165) is 0 Å². The second-order valence-corrected chi connectivity index (χ2v) is 1.42. The maximum Gasteiger partial charge on any atom is 0.232 e. The van der Waals surface area contributed by atoms with Gasteiger partial charge in [-0.05, 0) is 6.92 Å². The largest absolute Gasteiger partial charge is 0.477 e. The van der Waals surface area contributed by atoms with E-state index in [1.807, 2.05) is 6.92 Å². The van der Waals surface area contributed by atoms with Crippen LogP contribution >= 0.6 is 0 Å². The highest BCUT2D eigenvalue weighted by molar-refractivity contribution is 4.99. The number of ether oxygens (including phenoxy) is 1. The monoisotopic (exact) mass is 123 g/mol. The third kappa shape index (κ3) is 1.68. The molecule has 3 heteroatoms. The molecule has 47 valence electrons. The van der Waals surface area contributed by atoms with Gasteiger partial charge in [0.15, 0.2) is 0 Å². The SMILES string of the molecule is CCOc1cnc[c]n1. The smallest absolute Gasteiger partial charge is 0.232 e. The molecule has 9 heavy (non-hydrogen) atoms. The van der Waals surface area contributed by atoms with Crippen LogP contribution in [0.1, 0.15) is 6.92 Å². The van der Waals surface area contributed by atoms with E-state index in [0.29, 0.717) is 12.5 Å². The second kappa shape index (κ2) is 3.02. The fourth-order valence-electron chi connectivity index (χ4n) is 0.473. The van der Waals surface area contributed by atoms with Crippen molar-refractivity contribution in [3.8, 4) is 5.88 Å². The van der Waals surface area contributed by atoms with Gasteiger partial charge in [0, 0.05) is 0 Å². The summed E-state index contributed by atoms with van der Waals surface area (Å²) in [6.07, 6.45) is 5.60. The molecule has 0 spiro atoms. The van der Waals surface area contributed by atoms with Gasteiger partial charge in [-0.15, -0.1) is 0 Å². The average Bonchev–Trinajstić information content (AvgIpc) is 1.91. The number of aromatic nitrogens is 2. The van der Waals surface area contributed by atoms with Gasteiger partial charge >= 0.3 is 0 Å². The summed E-state index contributed by atoms with van der Waals surface area (Å²) < 4.78 is 5.00. The second-order valence-electron chi connectivity index (χ2n) is 1.42. The van der Waals surface area contributed by atoms with Crippen molar-refractivity contribution < 1.29 is 4.74 Å². The van der Waals surface area contributed by atoms with Crippen LogP contribution in [-0.4, -0.2) is 16.6 Å². The van der Waals surface area contributed by atoms with Crippen LogP contribution in [0.4, 0.5) is 0 Å². The van der Waals surface area contributed by atoms with Crippen LogP contribution in [0.3, 0.4) is 0 Å². The van der Waals surface area contributed by atoms with Crippen molar-refractivity contribution in [1.29, 1.82) is 0 Å². The molecule has 0 aliphatic carbocycles. The van der Waals surface area contributed by atoms with Crippen molar-refractivity contribution >= 4 is 0 Å². The molecule has 1 rings (SSSR count). The zero-order valence-corrected chi connectivity index (χ0v) is 5.16. The lowest BCUT2D eigenvalue weighted by atomic mass is 10.7. The Balaban J connectivity index is 2.61. The number of rotatable bonds is 2.